The minimum atomic E-state index is -0.404. The van der Waals surface area contributed by atoms with E-state index >= 15 is 0 Å². The van der Waals surface area contributed by atoms with Crippen molar-refractivity contribution < 1.29 is 9.53 Å². The normalized spacial score (nSPS) is 11.0. The SMILES string of the molecule is Cc1cc(OCC(=O)N/N=C/c2ccccc2Cl)c(C(C)C)cc1N=O. The predicted octanol–water partition coefficient (Wildman–Crippen LogP) is 4.70. The molecule has 0 aliphatic heterocycles. The molecule has 0 aromatic heterocycles. The molecule has 0 unspecified atom stereocenters. The lowest BCUT2D eigenvalue weighted by Gasteiger charge is -2.15. The molecule has 7 heteroatoms. The molecule has 0 aliphatic carbocycles. The molecule has 2 aromatic rings. The molecule has 0 fully saturated rings. The Kier molecular flexibility index (Phi) is 6.86. The standard InChI is InChI=1S/C19H20ClN3O3/c1-12(2)15-9-17(23-25)13(3)8-18(15)26-11-19(24)22-21-10-14-6-4-5-7-16(14)20/h4-10,12H,11H2,1-3H3,(H,22,24)/b21-10+. The second kappa shape index (κ2) is 9.10. The van der Waals surface area contributed by atoms with Crippen LogP contribution in [0.25, 0.3) is 0 Å². The molecule has 0 radical (unpaired) electrons. The van der Waals surface area contributed by atoms with E-state index in [-0.39, 0.29) is 12.5 Å². The second-order valence-corrected chi connectivity index (χ2v) is 6.43. The van der Waals surface area contributed by atoms with Gasteiger partial charge in [0.2, 0.25) is 0 Å². The van der Waals surface area contributed by atoms with E-state index in [0.29, 0.717) is 27.6 Å². The first-order valence-corrected chi connectivity index (χ1v) is 8.47. The van der Waals surface area contributed by atoms with Gasteiger partial charge in [-0.1, -0.05) is 43.6 Å². The first-order chi connectivity index (χ1) is 12.4. The van der Waals surface area contributed by atoms with E-state index in [9.17, 15) is 9.70 Å². The van der Waals surface area contributed by atoms with E-state index in [4.69, 9.17) is 16.3 Å². The van der Waals surface area contributed by atoms with Gasteiger partial charge in [-0.2, -0.15) is 5.10 Å². The Morgan fingerprint density at radius 2 is 2.04 bits per heavy atom. The molecule has 1 N–H and O–H groups in total. The third-order valence-electron chi connectivity index (χ3n) is 3.71. The third kappa shape index (κ3) is 5.13. The number of nitrogens with one attached hydrogen (secondary N) is 1. The van der Waals surface area contributed by atoms with Gasteiger partial charge in [0.05, 0.1) is 6.21 Å². The Balaban J connectivity index is 2.00. The number of nitrogens with zero attached hydrogens (tertiary/aromatic N) is 2. The molecule has 2 aromatic carbocycles. The molecule has 0 saturated heterocycles. The summed E-state index contributed by atoms with van der Waals surface area (Å²) >= 11 is 6.01. The zero-order chi connectivity index (χ0) is 19.1. The molecule has 0 spiro atoms. The second-order valence-electron chi connectivity index (χ2n) is 6.03. The van der Waals surface area contributed by atoms with Crippen LogP contribution in [0.1, 0.15) is 36.5 Å². The number of rotatable bonds is 7. The Morgan fingerprint density at radius 1 is 1.31 bits per heavy atom. The highest BCUT2D eigenvalue weighted by Gasteiger charge is 2.13. The largest absolute Gasteiger partial charge is 0.483 e. The van der Waals surface area contributed by atoms with Gasteiger partial charge in [0.1, 0.15) is 11.4 Å². The fourth-order valence-electron chi connectivity index (χ4n) is 2.29. The van der Waals surface area contributed by atoms with Crippen LogP contribution in [0.5, 0.6) is 5.75 Å². The lowest BCUT2D eigenvalue weighted by Crippen LogP contribution is -2.25. The van der Waals surface area contributed by atoms with Crippen LogP contribution in [-0.2, 0) is 4.79 Å². The molecular weight excluding hydrogens is 354 g/mol. The molecule has 26 heavy (non-hydrogen) atoms. The van der Waals surface area contributed by atoms with E-state index in [1.807, 2.05) is 26.0 Å². The zero-order valence-electron chi connectivity index (χ0n) is 14.8. The van der Waals surface area contributed by atoms with Gasteiger partial charge in [0.15, 0.2) is 6.61 Å². The highest BCUT2D eigenvalue weighted by molar-refractivity contribution is 6.33. The summed E-state index contributed by atoms with van der Waals surface area (Å²) in [7, 11) is 0. The van der Waals surface area contributed by atoms with Gasteiger partial charge >= 0.3 is 0 Å². The van der Waals surface area contributed by atoms with Gasteiger partial charge in [-0.3, -0.25) is 4.79 Å². The Labute approximate surface area is 157 Å². The van der Waals surface area contributed by atoms with E-state index in [0.717, 1.165) is 5.56 Å². The smallest absolute Gasteiger partial charge is 0.277 e. The number of amides is 1. The molecule has 0 saturated carbocycles. The number of halogens is 1. The average molecular weight is 374 g/mol. The van der Waals surface area contributed by atoms with E-state index in [1.54, 1.807) is 31.2 Å². The molecule has 6 nitrogen and oxygen atoms in total. The maximum atomic E-state index is 11.9. The summed E-state index contributed by atoms with van der Waals surface area (Å²) in [5.41, 5.74) is 4.97. The Morgan fingerprint density at radius 3 is 2.69 bits per heavy atom. The highest BCUT2D eigenvalue weighted by atomic mass is 35.5. The maximum Gasteiger partial charge on any atom is 0.277 e. The third-order valence-corrected chi connectivity index (χ3v) is 4.05. The minimum Gasteiger partial charge on any atom is -0.483 e. The number of hydrazone groups is 1. The summed E-state index contributed by atoms with van der Waals surface area (Å²) in [5.74, 6) is 0.265. The fourth-order valence-corrected chi connectivity index (χ4v) is 2.47. The zero-order valence-corrected chi connectivity index (χ0v) is 15.6. The van der Waals surface area contributed by atoms with Crippen LogP contribution < -0.4 is 10.2 Å². The monoisotopic (exact) mass is 373 g/mol. The number of benzene rings is 2. The highest BCUT2D eigenvalue weighted by Crippen LogP contribution is 2.33. The Bertz CT molecular complexity index is 835. The first kappa shape index (κ1) is 19.6. The molecule has 136 valence electrons. The summed E-state index contributed by atoms with van der Waals surface area (Å²) in [6, 6.07) is 10.6. The lowest BCUT2D eigenvalue weighted by molar-refractivity contribution is -0.123. The van der Waals surface area contributed by atoms with Crippen molar-refractivity contribution in [1.82, 2.24) is 5.43 Å². The van der Waals surface area contributed by atoms with Crippen LogP contribution in [0.4, 0.5) is 5.69 Å². The number of carbonyl (C=O) groups is 1. The maximum absolute atomic E-state index is 11.9. The van der Waals surface area contributed by atoms with E-state index < -0.39 is 5.91 Å². The topological polar surface area (TPSA) is 80.1 Å². The molecule has 1 amide bonds. The molecule has 0 aliphatic rings. The molecule has 0 bridgehead atoms. The van der Waals surface area contributed by atoms with Gasteiger partial charge in [-0.05, 0) is 47.3 Å². The quantitative estimate of drug-likeness (QED) is 0.434. The fraction of sp³-hybridized carbons (Fsp3) is 0.263. The van der Waals surface area contributed by atoms with Crippen LogP contribution in [0.2, 0.25) is 5.02 Å². The average Bonchev–Trinajstić information content (AvgIpc) is 2.61. The summed E-state index contributed by atoms with van der Waals surface area (Å²) in [4.78, 5) is 22.8. The number of carbonyl (C=O) groups excluding carboxylic acids is 1. The van der Waals surface area contributed by atoms with Crippen LogP contribution in [-0.4, -0.2) is 18.7 Å². The van der Waals surface area contributed by atoms with E-state index in [2.05, 4.69) is 15.7 Å². The first-order valence-electron chi connectivity index (χ1n) is 8.09. The van der Waals surface area contributed by atoms with Gasteiger partial charge in [-0.25, -0.2) is 5.43 Å². The lowest BCUT2D eigenvalue weighted by atomic mass is 9.99. The minimum absolute atomic E-state index is 0.118. The van der Waals surface area contributed by atoms with Gasteiger partial charge in [0.25, 0.3) is 5.91 Å². The van der Waals surface area contributed by atoms with Gasteiger partial charge in [-0.15, -0.1) is 4.91 Å². The van der Waals surface area contributed by atoms with Crippen molar-refractivity contribution in [3.05, 3.63) is 63.0 Å². The van der Waals surface area contributed by atoms with Crippen molar-refractivity contribution in [3.63, 3.8) is 0 Å². The van der Waals surface area contributed by atoms with E-state index in [1.165, 1.54) is 6.21 Å². The van der Waals surface area contributed by atoms with Crippen LogP contribution >= 0.6 is 11.6 Å². The van der Waals surface area contributed by atoms with Crippen LogP contribution in [0.15, 0.2) is 46.7 Å². The van der Waals surface area contributed by atoms with Crippen molar-refractivity contribution in [2.45, 2.75) is 26.7 Å². The van der Waals surface area contributed by atoms with Crippen molar-refractivity contribution in [2.24, 2.45) is 10.3 Å². The van der Waals surface area contributed by atoms with Crippen molar-refractivity contribution in [3.8, 4) is 5.75 Å². The molecule has 2 rings (SSSR count). The summed E-state index contributed by atoms with van der Waals surface area (Å²) in [5, 5.41) is 7.43. The molecule has 0 heterocycles. The number of nitroso groups, excluding NO2 is 1. The summed E-state index contributed by atoms with van der Waals surface area (Å²) in [6.07, 6.45) is 1.47. The number of hydrogen-bond acceptors (Lipinski definition) is 5. The van der Waals surface area contributed by atoms with Gasteiger partial charge < -0.3 is 4.74 Å². The Hall–Kier alpha value is -2.73. The molecular formula is C19H20ClN3O3. The summed E-state index contributed by atoms with van der Waals surface area (Å²) in [6.45, 7) is 5.51. The number of ether oxygens (including phenoxy) is 1. The number of aryl methyl sites for hydroxylation is 1. The van der Waals surface area contributed by atoms with Crippen LogP contribution in [0.3, 0.4) is 0 Å². The van der Waals surface area contributed by atoms with Crippen molar-refractivity contribution in [1.29, 1.82) is 0 Å². The van der Waals surface area contributed by atoms with Crippen molar-refractivity contribution in [2.75, 3.05) is 6.61 Å². The van der Waals surface area contributed by atoms with Crippen LogP contribution in [0, 0.1) is 11.8 Å². The van der Waals surface area contributed by atoms with Crippen molar-refractivity contribution >= 4 is 29.4 Å². The van der Waals surface area contributed by atoms with Gasteiger partial charge in [0, 0.05) is 10.6 Å². The predicted molar refractivity (Wildman–Crippen MR) is 103 cm³/mol. The molecule has 0 atom stereocenters. The number of hydrogen-bond donors (Lipinski definition) is 1. The summed E-state index contributed by atoms with van der Waals surface area (Å²) < 4.78 is 5.61.